The van der Waals surface area contributed by atoms with Gasteiger partial charge >= 0.3 is 6.03 Å². The molecule has 2 N–H and O–H groups in total. The summed E-state index contributed by atoms with van der Waals surface area (Å²) in [5.41, 5.74) is 6.69. The second-order valence-electron chi connectivity index (χ2n) is 4.78. The Hall–Kier alpha value is -2.36. The quantitative estimate of drug-likeness (QED) is 0.772. The van der Waals surface area contributed by atoms with Crippen LogP contribution in [0.2, 0.25) is 0 Å². The lowest BCUT2D eigenvalue weighted by atomic mass is 9.90. The van der Waals surface area contributed by atoms with Crippen LogP contribution in [0.4, 0.5) is 10.5 Å². The molecule has 96 valence electrons. The van der Waals surface area contributed by atoms with E-state index in [2.05, 4.69) is 0 Å². The number of nitrogens with two attached hydrogens (primary N) is 1. The molecule has 4 heteroatoms. The van der Waals surface area contributed by atoms with Crippen molar-refractivity contribution in [2.75, 3.05) is 4.90 Å². The molecule has 1 aliphatic heterocycles. The van der Waals surface area contributed by atoms with Gasteiger partial charge in [0, 0.05) is 17.9 Å². The van der Waals surface area contributed by atoms with E-state index in [1.165, 1.54) is 4.90 Å². The minimum atomic E-state index is -0.530. The zero-order valence-corrected chi connectivity index (χ0v) is 10.3. The van der Waals surface area contributed by atoms with E-state index >= 15 is 0 Å². The molecular formula is C15H14N2O2. The van der Waals surface area contributed by atoms with Crippen molar-refractivity contribution in [1.29, 1.82) is 0 Å². The maximum Gasteiger partial charge on any atom is 0.319 e. The SMILES string of the molecule is NC(=O)N1c2ccccc2C(=O)CC2C=CC=CC21. The summed E-state index contributed by atoms with van der Waals surface area (Å²) in [6.45, 7) is 0. The van der Waals surface area contributed by atoms with Crippen molar-refractivity contribution in [3.63, 3.8) is 0 Å². The van der Waals surface area contributed by atoms with Crippen molar-refractivity contribution in [2.24, 2.45) is 11.7 Å². The Labute approximate surface area is 111 Å². The first-order valence-corrected chi connectivity index (χ1v) is 6.24. The fourth-order valence-electron chi connectivity index (χ4n) is 2.78. The number of benzene rings is 1. The van der Waals surface area contributed by atoms with Crippen molar-refractivity contribution < 1.29 is 9.59 Å². The van der Waals surface area contributed by atoms with E-state index in [1.807, 2.05) is 30.4 Å². The smallest absolute Gasteiger partial charge is 0.319 e. The monoisotopic (exact) mass is 254 g/mol. The molecule has 1 aromatic carbocycles. The molecule has 19 heavy (non-hydrogen) atoms. The van der Waals surface area contributed by atoms with Crippen molar-refractivity contribution >= 4 is 17.5 Å². The van der Waals surface area contributed by atoms with E-state index in [0.29, 0.717) is 17.7 Å². The number of Topliss-reactive ketones (excluding diaryl/α,β-unsaturated/α-hetero) is 1. The van der Waals surface area contributed by atoms with Crippen LogP contribution in [0.3, 0.4) is 0 Å². The van der Waals surface area contributed by atoms with E-state index in [4.69, 9.17) is 5.73 Å². The first kappa shape index (κ1) is 11.7. The summed E-state index contributed by atoms with van der Waals surface area (Å²) in [4.78, 5) is 25.6. The van der Waals surface area contributed by atoms with Crippen molar-refractivity contribution in [1.82, 2.24) is 0 Å². The summed E-state index contributed by atoms with van der Waals surface area (Å²) < 4.78 is 0. The van der Waals surface area contributed by atoms with Gasteiger partial charge in [0.25, 0.3) is 0 Å². The third kappa shape index (κ3) is 1.85. The second kappa shape index (κ2) is 4.39. The molecule has 0 bridgehead atoms. The van der Waals surface area contributed by atoms with Gasteiger partial charge in [0.05, 0.1) is 11.7 Å². The highest BCUT2D eigenvalue weighted by Gasteiger charge is 2.35. The zero-order chi connectivity index (χ0) is 13.4. The van der Waals surface area contributed by atoms with Gasteiger partial charge in [-0.05, 0) is 12.1 Å². The summed E-state index contributed by atoms with van der Waals surface area (Å²) in [7, 11) is 0. The molecular weight excluding hydrogens is 240 g/mol. The molecule has 0 aromatic heterocycles. The van der Waals surface area contributed by atoms with Gasteiger partial charge in [-0.2, -0.15) is 0 Å². The lowest BCUT2D eigenvalue weighted by molar-refractivity contribution is 0.0971. The summed E-state index contributed by atoms with van der Waals surface area (Å²) >= 11 is 0. The number of carbonyl (C=O) groups is 2. The first-order valence-electron chi connectivity index (χ1n) is 6.24. The zero-order valence-electron chi connectivity index (χ0n) is 10.3. The molecule has 0 fully saturated rings. The number of nitrogens with zero attached hydrogens (tertiary/aromatic N) is 1. The highest BCUT2D eigenvalue weighted by atomic mass is 16.2. The van der Waals surface area contributed by atoms with Gasteiger partial charge in [0.2, 0.25) is 0 Å². The molecule has 1 heterocycles. The summed E-state index contributed by atoms with van der Waals surface area (Å²) in [5, 5.41) is 0. The molecule has 2 unspecified atom stereocenters. The number of hydrogen-bond acceptors (Lipinski definition) is 2. The first-order chi connectivity index (χ1) is 9.18. The minimum Gasteiger partial charge on any atom is -0.351 e. The number of amides is 2. The number of carbonyl (C=O) groups excluding carboxylic acids is 2. The second-order valence-corrected chi connectivity index (χ2v) is 4.78. The number of primary amides is 1. The number of para-hydroxylation sites is 1. The van der Waals surface area contributed by atoms with Crippen LogP contribution in [0.5, 0.6) is 0 Å². The van der Waals surface area contributed by atoms with Gasteiger partial charge in [0.1, 0.15) is 0 Å². The van der Waals surface area contributed by atoms with Crippen LogP contribution in [0.15, 0.2) is 48.6 Å². The lowest BCUT2D eigenvalue weighted by Gasteiger charge is -2.32. The van der Waals surface area contributed by atoms with E-state index in [1.54, 1.807) is 18.2 Å². The van der Waals surface area contributed by atoms with Gasteiger partial charge in [0.15, 0.2) is 5.78 Å². The summed E-state index contributed by atoms with van der Waals surface area (Å²) in [6, 6.07) is 6.42. The Morgan fingerprint density at radius 2 is 1.95 bits per heavy atom. The van der Waals surface area contributed by atoms with Crippen LogP contribution >= 0.6 is 0 Å². The van der Waals surface area contributed by atoms with Crippen molar-refractivity contribution in [3.8, 4) is 0 Å². The largest absolute Gasteiger partial charge is 0.351 e. The topological polar surface area (TPSA) is 63.4 Å². The maximum atomic E-state index is 12.3. The standard InChI is InChI=1S/C15H14N2O2/c16-15(19)17-12-7-3-1-5-10(12)9-14(18)11-6-2-4-8-13(11)17/h1-8,10,12H,9H2,(H2,16,19). The van der Waals surface area contributed by atoms with Crippen LogP contribution in [-0.4, -0.2) is 17.9 Å². The van der Waals surface area contributed by atoms with Crippen LogP contribution in [0, 0.1) is 5.92 Å². The van der Waals surface area contributed by atoms with Crippen molar-refractivity contribution in [3.05, 3.63) is 54.1 Å². The molecule has 0 saturated heterocycles. The molecule has 0 saturated carbocycles. The van der Waals surface area contributed by atoms with Gasteiger partial charge in [-0.25, -0.2) is 4.79 Å². The highest BCUT2D eigenvalue weighted by Crippen LogP contribution is 2.34. The van der Waals surface area contributed by atoms with Crippen LogP contribution in [0.25, 0.3) is 0 Å². The number of hydrogen-bond donors (Lipinski definition) is 1. The summed E-state index contributed by atoms with van der Waals surface area (Å²) in [6.07, 6.45) is 8.07. The summed E-state index contributed by atoms with van der Waals surface area (Å²) in [5.74, 6) is 0.0340. The fraction of sp³-hybridized carbons (Fsp3) is 0.200. The van der Waals surface area contributed by atoms with Crippen LogP contribution < -0.4 is 10.6 Å². The Morgan fingerprint density at radius 1 is 1.21 bits per heavy atom. The number of anilines is 1. The van der Waals surface area contributed by atoms with Gasteiger partial charge < -0.3 is 5.73 Å². The van der Waals surface area contributed by atoms with Gasteiger partial charge in [-0.1, -0.05) is 36.4 Å². The highest BCUT2D eigenvalue weighted by molar-refractivity contribution is 6.07. The molecule has 4 nitrogen and oxygen atoms in total. The minimum absolute atomic E-state index is 0.0163. The number of rotatable bonds is 0. The van der Waals surface area contributed by atoms with Gasteiger partial charge in [-0.15, -0.1) is 0 Å². The van der Waals surface area contributed by atoms with E-state index < -0.39 is 6.03 Å². The number of allylic oxidation sites excluding steroid dienone is 2. The third-order valence-corrected chi connectivity index (χ3v) is 3.64. The lowest BCUT2D eigenvalue weighted by Crippen LogP contribution is -2.46. The Kier molecular flexibility index (Phi) is 2.71. The molecule has 2 aliphatic rings. The average Bonchev–Trinajstić information content (AvgIpc) is 2.53. The number of urea groups is 1. The normalized spacial score (nSPS) is 24.6. The number of fused-ring (bicyclic) bond motifs is 2. The Balaban J connectivity index is 2.18. The molecule has 3 rings (SSSR count). The molecule has 1 aliphatic carbocycles. The molecule has 2 atom stereocenters. The van der Waals surface area contributed by atoms with Crippen LogP contribution in [-0.2, 0) is 0 Å². The Morgan fingerprint density at radius 3 is 2.74 bits per heavy atom. The van der Waals surface area contributed by atoms with Crippen molar-refractivity contribution in [2.45, 2.75) is 12.5 Å². The Bertz CT molecular complexity index is 604. The average molecular weight is 254 g/mol. The molecule has 2 amide bonds. The predicted octanol–water partition coefficient (Wildman–Crippen LogP) is 2.27. The number of ketones is 1. The maximum absolute atomic E-state index is 12.3. The predicted molar refractivity (Wildman–Crippen MR) is 73.0 cm³/mol. The van der Waals surface area contributed by atoms with Crippen LogP contribution in [0.1, 0.15) is 16.8 Å². The van der Waals surface area contributed by atoms with Gasteiger partial charge in [-0.3, -0.25) is 9.69 Å². The molecule has 1 aromatic rings. The molecule has 0 spiro atoms. The fourth-order valence-corrected chi connectivity index (χ4v) is 2.78. The van der Waals surface area contributed by atoms with E-state index in [0.717, 1.165) is 0 Å². The third-order valence-electron chi connectivity index (χ3n) is 3.64. The van der Waals surface area contributed by atoms with E-state index in [-0.39, 0.29) is 17.7 Å². The van der Waals surface area contributed by atoms with E-state index in [9.17, 15) is 9.59 Å². The molecule has 0 radical (unpaired) electrons.